The molecule has 109 heavy (non-hydrogen) atoms. The summed E-state index contributed by atoms with van der Waals surface area (Å²) in [6.45, 7) is 32.7. The molecule has 4 aliphatic rings. The van der Waals surface area contributed by atoms with Crippen LogP contribution in [0, 0.1) is 0 Å². The first-order chi connectivity index (χ1) is 52.3. The maximum absolute atomic E-state index is 7.38. The van der Waals surface area contributed by atoms with Crippen molar-refractivity contribution in [3.8, 4) is 56.0 Å². The second-order valence-corrected chi connectivity index (χ2v) is 35.3. The molecule has 18 rings (SSSR count). The molecule has 0 amide bonds. The highest BCUT2D eigenvalue weighted by molar-refractivity contribution is 7.00. The molecule has 0 N–H and O–H groups in total. The molecule has 0 aliphatic carbocycles. The Balaban J connectivity index is 1.01. The monoisotopic (exact) mass is 1410 g/mol. The third kappa shape index (κ3) is 11.4. The van der Waals surface area contributed by atoms with E-state index in [2.05, 4.69) is 427 Å². The van der Waals surface area contributed by atoms with Gasteiger partial charge in [-0.05, 0) is 183 Å². The second-order valence-electron chi connectivity index (χ2n) is 35.3. The number of para-hydroxylation sites is 5. The first-order valence-electron chi connectivity index (χ1n) is 39.0. The van der Waals surface area contributed by atoms with Crippen molar-refractivity contribution in [3.63, 3.8) is 0 Å². The summed E-state index contributed by atoms with van der Waals surface area (Å²) in [6.07, 6.45) is 0. The lowest BCUT2D eigenvalue weighted by atomic mass is 9.33. The summed E-state index contributed by atoms with van der Waals surface area (Å²) in [6, 6.07) is 120. The van der Waals surface area contributed by atoms with Gasteiger partial charge in [0.15, 0.2) is 0 Å². The first-order valence-corrected chi connectivity index (χ1v) is 39.0. The summed E-state index contributed by atoms with van der Waals surface area (Å²) in [5.74, 6) is 1.75. The molecule has 0 spiro atoms. The molecule has 4 nitrogen and oxygen atoms in total. The summed E-state index contributed by atoms with van der Waals surface area (Å²) in [5, 5.41) is 0. The molecule has 0 radical (unpaired) electrons. The standard InChI is InChI=1S/C104H94BN3O/c1-99(2,3)75-55-71(56-76(63-75)100(4,5)6)80-43-27-31-47-88(80)107-92-54-52-69(67-35-19-15-20-36-67)60-86(92)105-87-65-85-97(109-96-50-34-30-46-83(96)103(85,13)14)66-93(87)108(89-48-32-28-44-81(89)72-57-77(101(7,8)9)64-78(58-72)102(10,11)12)95-62-70(61-94(107)98(95)105)68-51-53-91-84(59-68)104(73-37-21-16-22-38-73,74-39-23-17-24-40-74)82-45-29-33-49-90(82)106(91)79-41-25-18-26-42-79/h15-66H,1-14H3. The smallest absolute Gasteiger partial charge is 0.252 e. The molecule has 0 saturated heterocycles. The van der Waals surface area contributed by atoms with E-state index in [1.807, 2.05) is 0 Å². The molecular formula is C104H94BN3O. The van der Waals surface area contributed by atoms with Gasteiger partial charge in [-0.2, -0.15) is 0 Å². The fraction of sp³-hybridized carbons (Fsp3) is 0.192. The van der Waals surface area contributed by atoms with Gasteiger partial charge in [-0.1, -0.05) is 340 Å². The van der Waals surface area contributed by atoms with E-state index in [0.29, 0.717) is 0 Å². The van der Waals surface area contributed by atoms with Crippen LogP contribution in [0.15, 0.2) is 315 Å². The van der Waals surface area contributed by atoms with Crippen LogP contribution >= 0.6 is 0 Å². The SMILES string of the molecule is CC(C)(C)c1cc(-c2ccccc2N2c3ccc(-c4ccccc4)cc3B3c4cc5c(cc4N(c4ccccc4-c4cc(C(C)(C)C)cc(C(C)(C)C)c4)c4cc(-c6ccc7c(c6)C(c6ccccc6)(c6ccccc6)c6ccccc6N7c6ccccc6)cc2c43)Oc2ccccc2C5(C)C)cc(C(C)(C)C)c1. The number of ether oxygens (including phenoxy) is 1. The Morgan fingerprint density at radius 3 is 1.22 bits per heavy atom. The van der Waals surface area contributed by atoms with Crippen LogP contribution in [-0.2, 0) is 32.5 Å². The fourth-order valence-corrected chi connectivity index (χ4v) is 18.0. The number of fused-ring (bicyclic) bond motifs is 8. The lowest BCUT2D eigenvalue weighted by molar-refractivity contribution is 0.418. The molecule has 0 unspecified atom stereocenters. The molecule has 14 aromatic rings. The number of rotatable bonds is 9. The van der Waals surface area contributed by atoms with E-state index < -0.39 is 10.8 Å². The molecule has 14 aromatic carbocycles. The zero-order chi connectivity index (χ0) is 75.3. The molecule has 4 aliphatic heterocycles. The number of anilines is 9. The van der Waals surface area contributed by atoms with Crippen molar-refractivity contribution in [3.05, 3.63) is 371 Å². The second kappa shape index (κ2) is 25.5. The normalized spacial score (nSPS) is 14.5. The summed E-state index contributed by atoms with van der Waals surface area (Å²) >= 11 is 0. The maximum atomic E-state index is 7.38. The zero-order valence-electron chi connectivity index (χ0n) is 65.3. The minimum absolute atomic E-state index is 0.124. The molecule has 5 heteroatoms. The maximum Gasteiger partial charge on any atom is 0.252 e. The van der Waals surface area contributed by atoms with Crippen molar-refractivity contribution in [1.29, 1.82) is 0 Å². The van der Waals surface area contributed by atoms with E-state index in [1.165, 1.54) is 88.7 Å². The van der Waals surface area contributed by atoms with Gasteiger partial charge in [-0.15, -0.1) is 0 Å². The van der Waals surface area contributed by atoms with Crippen molar-refractivity contribution in [2.24, 2.45) is 0 Å². The Bertz CT molecular complexity index is 5820. The predicted molar refractivity (Wildman–Crippen MR) is 462 cm³/mol. The largest absolute Gasteiger partial charge is 0.457 e. The van der Waals surface area contributed by atoms with Crippen LogP contribution in [0.3, 0.4) is 0 Å². The summed E-state index contributed by atoms with van der Waals surface area (Å²) in [5.41, 5.74) is 33.6. The minimum atomic E-state index is -0.764. The minimum Gasteiger partial charge on any atom is -0.457 e. The van der Waals surface area contributed by atoms with Gasteiger partial charge in [0, 0.05) is 62.2 Å². The topological polar surface area (TPSA) is 19.0 Å². The number of benzene rings is 14. The van der Waals surface area contributed by atoms with Gasteiger partial charge in [0.2, 0.25) is 0 Å². The first kappa shape index (κ1) is 69.1. The Kier molecular flexibility index (Phi) is 16.2. The third-order valence-electron chi connectivity index (χ3n) is 23.9. The van der Waals surface area contributed by atoms with Gasteiger partial charge in [0.1, 0.15) is 11.5 Å². The highest BCUT2D eigenvalue weighted by Gasteiger charge is 2.50. The van der Waals surface area contributed by atoms with Crippen molar-refractivity contribution in [2.75, 3.05) is 14.7 Å². The highest BCUT2D eigenvalue weighted by atomic mass is 16.5. The van der Waals surface area contributed by atoms with E-state index in [4.69, 9.17) is 4.74 Å². The molecule has 0 bridgehead atoms. The molecule has 4 heterocycles. The van der Waals surface area contributed by atoms with Gasteiger partial charge in [-0.25, -0.2) is 0 Å². The van der Waals surface area contributed by atoms with Crippen molar-refractivity contribution in [2.45, 2.75) is 129 Å². The van der Waals surface area contributed by atoms with E-state index in [0.717, 1.165) is 90.5 Å². The van der Waals surface area contributed by atoms with Crippen LogP contribution in [-0.4, -0.2) is 6.71 Å². The molecule has 534 valence electrons. The van der Waals surface area contributed by atoms with Crippen LogP contribution in [0.5, 0.6) is 11.5 Å². The summed E-state index contributed by atoms with van der Waals surface area (Å²) in [4.78, 5) is 7.82. The van der Waals surface area contributed by atoms with E-state index in [-0.39, 0.29) is 28.4 Å². The van der Waals surface area contributed by atoms with Crippen molar-refractivity contribution in [1.82, 2.24) is 0 Å². The van der Waals surface area contributed by atoms with Crippen molar-refractivity contribution < 1.29 is 4.74 Å². The van der Waals surface area contributed by atoms with Gasteiger partial charge in [-0.3, -0.25) is 0 Å². The van der Waals surface area contributed by atoms with Crippen LogP contribution in [0.4, 0.5) is 51.2 Å². The highest BCUT2D eigenvalue weighted by Crippen LogP contribution is 2.60. The molecule has 0 aromatic heterocycles. The Morgan fingerprint density at radius 1 is 0.266 bits per heavy atom. The van der Waals surface area contributed by atoms with E-state index >= 15 is 0 Å². The molecule has 0 fully saturated rings. The van der Waals surface area contributed by atoms with Crippen LogP contribution < -0.4 is 35.8 Å². The average molecular weight is 1410 g/mol. The summed E-state index contributed by atoms with van der Waals surface area (Å²) < 4.78 is 7.38. The molecular weight excluding hydrogens is 1320 g/mol. The van der Waals surface area contributed by atoms with Crippen LogP contribution in [0.25, 0.3) is 44.5 Å². The molecule has 0 saturated carbocycles. The number of hydrogen-bond acceptors (Lipinski definition) is 4. The Labute approximate surface area is 646 Å². The zero-order valence-corrected chi connectivity index (χ0v) is 65.3. The third-order valence-corrected chi connectivity index (χ3v) is 23.9. The van der Waals surface area contributed by atoms with Gasteiger partial charge >= 0.3 is 0 Å². The Morgan fingerprint density at radius 2 is 0.688 bits per heavy atom. The van der Waals surface area contributed by atoms with Crippen molar-refractivity contribution >= 4 is 74.3 Å². The van der Waals surface area contributed by atoms with Crippen LogP contribution in [0.2, 0.25) is 0 Å². The van der Waals surface area contributed by atoms with Gasteiger partial charge in [0.25, 0.3) is 6.71 Å². The summed E-state index contributed by atoms with van der Waals surface area (Å²) in [7, 11) is 0. The number of hydrogen-bond donors (Lipinski definition) is 0. The van der Waals surface area contributed by atoms with E-state index in [9.17, 15) is 0 Å². The lowest BCUT2D eigenvalue weighted by Gasteiger charge is -2.47. The lowest BCUT2D eigenvalue weighted by Crippen LogP contribution is -2.61. The molecule has 0 atom stereocenters. The average Bonchev–Trinajstić information content (AvgIpc) is 0.691. The fourth-order valence-electron chi connectivity index (χ4n) is 18.0. The quantitative estimate of drug-likeness (QED) is 0.134. The van der Waals surface area contributed by atoms with E-state index in [1.54, 1.807) is 0 Å². The number of nitrogens with zero attached hydrogens (tertiary/aromatic N) is 3. The Hall–Kier alpha value is -11.7. The predicted octanol–water partition coefficient (Wildman–Crippen LogP) is 26.2. The van der Waals surface area contributed by atoms with Gasteiger partial charge in [0.05, 0.1) is 28.2 Å². The van der Waals surface area contributed by atoms with Gasteiger partial charge < -0.3 is 19.4 Å². The van der Waals surface area contributed by atoms with Crippen LogP contribution in [0.1, 0.15) is 153 Å².